The Labute approximate surface area is 166 Å². The normalized spacial score (nSPS) is 10.6. The van der Waals surface area contributed by atoms with Gasteiger partial charge in [0.15, 0.2) is 6.61 Å². The fraction of sp³-hybridized carbons (Fsp3) is 0.250. The molecule has 0 bridgehead atoms. The molecule has 28 heavy (non-hydrogen) atoms. The highest BCUT2D eigenvalue weighted by Crippen LogP contribution is 2.19. The molecule has 0 fully saturated rings. The molecule has 0 saturated carbocycles. The van der Waals surface area contributed by atoms with Crippen LogP contribution in [0.3, 0.4) is 0 Å². The van der Waals surface area contributed by atoms with Crippen LogP contribution in [0.1, 0.15) is 16.9 Å². The van der Waals surface area contributed by atoms with Crippen molar-refractivity contribution in [1.82, 2.24) is 15.6 Å². The molecule has 2 aromatic heterocycles. The molecule has 3 N–H and O–H groups in total. The van der Waals surface area contributed by atoms with Crippen molar-refractivity contribution in [2.24, 2.45) is 0 Å². The molecule has 146 valence electrons. The van der Waals surface area contributed by atoms with E-state index in [-0.39, 0.29) is 6.42 Å². The SMILES string of the molecule is O=C(COC(=O)CCc1c[nH]c2ccccc12)NC(=O)NCCc1cccs1. The van der Waals surface area contributed by atoms with Crippen molar-refractivity contribution >= 4 is 40.1 Å². The zero-order valence-corrected chi connectivity index (χ0v) is 16.0. The highest BCUT2D eigenvalue weighted by molar-refractivity contribution is 7.09. The zero-order valence-electron chi connectivity index (χ0n) is 15.2. The molecule has 7 nitrogen and oxygen atoms in total. The van der Waals surface area contributed by atoms with Gasteiger partial charge in [0.05, 0.1) is 0 Å². The number of aryl methyl sites for hydroxylation is 1. The van der Waals surface area contributed by atoms with Crippen LogP contribution >= 0.6 is 11.3 Å². The molecule has 1 aromatic carbocycles. The fourth-order valence-corrected chi connectivity index (χ4v) is 3.46. The van der Waals surface area contributed by atoms with E-state index in [2.05, 4.69) is 15.6 Å². The maximum atomic E-state index is 11.9. The Morgan fingerprint density at radius 1 is 1.07 bits per heavy atom. The number of ether oxygens (including phenoxy) is 1. The Balaban J connectivity index is 1.32. The predicted molar refractivity (Wildman–Crippen MR) is 107 cm³/mol. The second-order valence-electron chi connectivity index (χ2n) is 6.15. The molecule has 8 heteroatoms. The Bertz CT molecular complexity index is 949. The minimum Gasteiger partial charge on any atom is -0.456 e. The van der Waals surface area contributed by atoms with Crippen LogP contribution in [0.2, 0.25) is 0 Å². The summed E-state index contributed by atoms with van der Waals surface area (Å²) in [4.78, 5) is 39.5. The Morgan fingerprint density at radius 3 is 2.75 bits per heavy atom. The van der Waals surface area contributed by atoms with Gasteiger partial charge in [0.25, 0.3) is 5.91 Å². The summed E-state index contributed by atoms with van der Waals surface area (Å²) >= 11 is 1.61. The lowest BCUT2D eigenvalue weighted by Gasteiger charge is -2.07. The third-order valence-electron chi connectivity index (χ3n) is 4.13. The van der Waals surface area contributed by atoms with Crippen LogP contribution in [-0.2, 0) is 27.2 Å². The van der Waals surface area contributed by atoms with E-state index < -0.39 is 24.5 Å². The van der Waals surface area contributed by atoms with Gasteiger partial charge in [0, 0.05) is 34.9 Å². The molecule has 0 spiro atoms. The number of nitrogens with one attached hydrogen (secondary N) is 3. The molecule has 0 aliphatic carbocycles. The summed E-state index contributed by atoms with van der Waals surface area (Å²) in [5.74, 6) is -1.15. The Hall–Kier alpha value is -3.13. The van der Waals surface area contributed by atoms with Crippen LogP contribution in [0.15, 0.2) is 48.0 Å². The van der Waals surface area contributed by atoms with Gasteiger partial charge in [0.1, 0.15) is 0 Å². The van der Waals surface area contributed by atoms with Crippen molar-refractivity contribution in [3.63, 3.8) is 0 Å². The quantitative estimate of drug-likeness (QED) is 0.507. The van der Waals surface area contributed by atoms with Crippen LogP contribution in [-0.4, -0.2) is 36.0 Å². The molecular formula is C20H21N3O4S. The summed E-state index contributed by atoms with van der Waals surface area (Å²) in [7, 11) is 0. The van der Waals surface area contributed by atoms with E-state index in [0.717, 1.165) is 21.3 Å². The molecular weight excluding hydrogens is 378 g/mol. The summed E-state index contributed by atoms with van der Waals surface area (Å²) < 4.78 is 4.94. The number of thiophene rings is 1. The average Bonchev–Trinajstić information content (AvgIpc) is 3.34. The molecule has 0 aliphatic heterocycles. The second kappa shape index (κ2) is 9.70. The van der Waals surface area contributed by atoms with Gasteiger partial charge in [0.2, 0.25) is 0 Å². The maximum absolute atomic E-state index is 11.9. The summed E-state index contributed by atoms with van der Waals surface area (Å²) in [5.41, 5.74) is 2.03. The summed E-state index contributed by atoms with van der Waals surface area (Å²) in [5, 5.41) is 7.76. The van der Waals surface area contributed by atoms with E-state index >= 15 is 0 Å². The maximum Gasteiger partial charge on any atom is 0.321 e. The topological polar surface area (TPSA) is 100 Å². The number of carbonyl (C=O) groups excluding carboxylic acids is 3. The van der Waals surface area contributed by atoms with Gasteiger partial charge in [-0.15, -0.1) is 11.3 Å². The molecule has 3 amide bonds. The van der Waals surface area contributed by atoms with Gasteiger partial charge in [-0.05, 0) is 35.9 Å². The largest absolute Gasteiger partial charge is 0.456 e. The monoisotopic (exact) mass is 399 g/mol. The number of amides is 3. The lowest BCUT2D eigenvalue weighted by atomic mass is 10.1. The number of H-pyrrole nitrogens is 1. The van der Waals surface area contributed by atoms with E-state index in [0.29, 0.717) is 19.4 Å². The van der Waals surface area contributed by atoms with Gasteiger partial charge in [-0.3, -0.25) is 14.9 Å². The molecule has 0 saturated heterocycles. The molecule has 0 unspecified atom stereocenters. The number of fused-ring (bicyclic) bond motifs is 1. The van der Waals surface area contributed by atoms with Crippen molar-refractivity contribution < 1.29 is 19.1 Å². The zero-order chi connectivity index (χ0) is 19.8. The average molecular weight is 399 g/mol. The van der Waals surface area contributed by atoms with E-state index in [9.17, 15) is 14.4 Å². The van der Waals surface area contributed by atoms with Crippen molar-refractivity contribution in [3.8, 4) is 0 Å². The fourth-order valence-electron chi connectivity index (χ4n) is 2.75. The number of hydrogen-bond donors (Lipinski definition) is 3. The Kier molecular flexibility index (Phi) is 6.80. The molecule has 3 rings (SSSR count). The lowest BCUT2D eigenvalue weighted by Crippen LogP contribution is -2.42. The van der Waals surface area contributed by atoms with E-state index in [1.165, 1.54) is 0 Å². The van der Waals surface area contributed by atoms with Crippen molar-refractivity contribution in [1.29, 1.82) is 0 Å². The molecule has 0 aliphatic rings. The highest BCUT2D eigenvalue weighted by Gasteiger charge is 2.12. The number of hydrogen-bond acceptors (Lipinski definition) is 5. The van der Waals surface area contributed by atoms with Gasteiger partial charge < -0.3 is 15.0 Å². The highest BCUT2D eigenvalue weighted by atomic mass is 32.1. The molecule has 0 atom stereocenters. The number of carbonyl (C=O) groups is 3. The summed E-state index contributed by atoms with van der Waals surface area (Å²) in [6, 6.07) is 11.1. The first kappa shape index (κ1) is 19.6. The first-order valence-corrected chi connectivity index (χ1v) is 9.80. The van der Waals surface area contributed by atoms with E-state index in [1.807, 2.05) is 48.0 Å². The number of aromatic amines is 1. The van der Waals surface area contributed by atoms with Crippen LogP contribution in [0.5, 0.6) is 0 Å². The van der Waals surface area contributed by atoms with Gasteiger partial charge in [-0.2, -0.15) is 0 Å². The molecule has 0 radical (unpaired) electrons. The predicted octanol–water partition coefficient (Wildman–Crippen LogP) is 2.77. The Morgan fingerprint density at radius 2 is 1.93 bits per heavy atom. The minimum absolute atomic E-state index is 0.155. The van der Waals surface area contributed by atoms with Gasteiger partial charge >= 0.3 is 12.0 Å². The minimum atomic E-state index is -0.658. The number of imide groups is 1. The number of urea groups is 1. The third-order valence-corrected chi connectivity index (χ3v) is 5.06. The molecule has 3 aromatic rings. The van der Waals surface area contributed by atoms with Crippen LogP contribution in [0, 0.1) is 0 Å². The van der Waals surface area contributed by atoms with E-state index in [1.54, 1.807) is 11.3 Å². The lowest BCUT2D eigenvalue weighted by molar-refractivity contribution is -0.148. The van der Waals surface area contributed by atoms with Gasteiger partial charge in [-0.1, -0.05) is 24.3 Å². The van der Waals surface area contributed by atoms with Crippen LogP contribution in [0.25, 0.3) is 10.9 Å². The van der Waals surface area contributed by atoms with Crippen molar-refractivity contribution in [2.45, 2.75) is 19.3 Å². The van der Waals surface area contributed by atoms with E-state index in [4.69, 9.17) is 4.74 Å². The number of esters is 1. The summed E-state index contributed by atoms with van der Waals surface area (Å²) in [6.45, 7) is -0.0604. The smallest absolute Gasteiger partial charge is 0.321 e. The standard InChI is InChI=1S/C20H21N3O4S/c24-18(23-20(26)21-10-9-15-4-3-11-28-15)13-27-19(25)8-7-14-12-22-17-6-2-1-5-16(14)17/h1-6,11-12,22H,7-10,13H2,(H2,21,23,24,26). The number of rotatable bonds is 8. The number of aromatic nitrogens is 1. The number of para-hydroxylation sites is 1. The molecule has 2 heterocycles. The van der Waals surface area contributed by atoms with Gasteiger partial charge in [-0.25, -0.2) is 4.79 Å². The van der Waals surface area contributed by atoms with Crippen LogP contribution in [0.4, 0.5) is 4.79 Å². The third kappa shape index (κ3) is 5.68. The second-order valence-corrected chi connectivity index (χ2v) is 7.19. The van der Waals surface area contributed by atoms with Crippen LogP contribution < -0.4 is 10.6 Å². The first-order valence-electron chi connectivity index (χ1n) is 8.92. The summed E-state index contributed by atoms with van der Waals surface area (Å²) in [6.07, 6.45) is 3.23. The van der Waals surface area contributed by atoms with Crippen molar-refractivity contribution in [2.75, 3.05) is 13.2 Å². The first-order chi connectivity index (χ1) is 13.6. The number of benzene rings is 1. The van der Waals surface area contributed by atoms with Crippen molar-refractivity contribution in [3.05, 3.63) is 58.4 Å².